The zero-order valence-corrected chi connectivity index (χ0v) is 9.22. The van der Waals surface area contributed by atoms with Crippen LogP contribution < -0.4 is 15.2 Å². The summed E-state index contributed by atoms with van der Waals surface area (Å²) in [5.74, 6) is 2.25. The van der Waals surface area contributed by atoms with Crippen LogP contribution in [0.2, 0.25) is 0 Å². The summed E-state index contributed by atoms with van der Waals surface area (Å²) < 4.78 is 11.0. The summed E-state index contributed by atoms with van der Waals surface area (Å²) in [6, 6.07) is 5.44. The van der Waals surface area contributed by atoms with Crippen molar-refractivity contribution < 1.29 is 9.47 Å². The molecule has 0 bridgehead atoms. The maximum atomic E-state index is 6.10. The van der Waals surface area contributed by atoms with E-state index in [1.54, 1.807) is 12.4 Å². The van der Waals surface area contributed by atoms with Crippen LogP contribution in [0.5, 0.6) is 11.5 Å². The Morgan fingerprint density at radius 3 is 2.82 bits per heavy atom. The van der Waals surface area contributed by atoms with Crippen molar-refractivity contribution in [1.82, 2.24) is 9.97 Å². The summed E-state index contributed by atoms with van der Waals surface area (Å²) in [5.41, 5.74) is 7.05. The SMILES string of the molecule is NC(c1ccc2c(c1)OCCO2)c1ncc[nH]1. The van der Waals surface area contributed by atoms with Crippen LogP contribution in [-0.2, 0) is 0 Å². The van der Waals surface area contributed by atoms with E-state index in [1.807, 2.05) is 18.2 Å². The highest BCUT2D eigenvalue weighted by Crippen LogP contribution is 2.32. The number of hydrogen-bond donors (Lipinski definition) is 2. The molecule has 88 valence electrons. The molecule has 0 spiro atoms. The molecule has 0 aliphatic carbocycles. The second kappa shape index (κ2) is 4.10. The lowest BCUT2D eigenvalue weighted by molar-refractivity contribution is 0.171. The molecular formula is C12H13N3O2. The highest BCUT2D eigenvalue weighted by Gasteiger charge is 2.16. The van der Waals surface area contributed by atoms with Gasteiger partial charge in [-0.25, -0.2) is 4.98 Å². The summed E-state index contributed by atoms with van der Waals surface area (Å²) in [6.45, 7) is 1.17. The third kappa shape index (κ3) is 1.85. The molecule has 0 amide bonds. The fourth-order valence-electron chi connectivity index (χ4n) is 1.86. The molecule has 1 aliphatic heterocycles. The fourth-order valence-corrected chi connectivity index (χ4v) is 1.86. The molecule has 3 rings (SSSR count). The summed E-state index contributed by atoms with van der Waals surface area (Å²) in [5, 5.41) is 0. The van der Waals surface area contributed by atoms with Crippen LogP contribution >= 0.6 is 0 Å². The Hall–Kier alpha value is -2.01. The molecular weight excluding hydrogens is 218 g/mol. The second-order valence-corrected chi connectivity index (χ2v) is 3.86. The van der Waals surface area contributed by atoms with E-state index < -0.39 is 0 Å². The summed E-state index contributed by atoms with van der Waals surface area (Å²) in [4.78, 5) is 7.16. The van der Waals surface area contributed by atoms with E-state index in [2.05, 4.69) is 9.97 Å². The monoisotopic (exact) mass is 231 g/mol. The first-order valence-electron chi connectivity index (χ1n) is 5.49. The quantitative estimate of drug-likeness (QED) is 0.815. The largest absolute Gasteiger partial charge is 0.486 e. The van der Waals surface area contributed by atoms with Gasteiger partial charge in [0.05, 0.1) is 6.04 Å². The molecule has 2 aromatic rings. The summed E-state index contributed by atoms with van der Waals surface area (Å²) >= 11 is 0. The zero-order chi connectivity index (χ0) is 11.7. The van der Waals surface area contributed by atoms with Crippen molar-refractivity contribution in [2.24, 2.45) is 5.73 Å². The van der Waals surface area contributed by atoms with Crippen LogP contribution in [0.15, 0.2) is 30.6 Å². The number of nitrogens with two attached hydrogens (primary N) is 1. The standard InChI is InChI=1S/C12H13N3O2/c13-11(12-14-3-4-15-12)8-1-2-9-10(7-8)17-6-5-16-9/h1-4,7,11H,5-6,13H2,(H,14,15). The molecule has 0 saturated carbocycles. The van der Waals surface area contributed by atoms with Gasteiger partial charge in [0.1, 0.15) is 19.0 Å². The molecule has 0 saturated heterocycles. The Kier molecular flexibility index (Phi) is 2.45. The van der Waals surface area contributed by atoms with Crippen molar-refractivity contribution >= 4 is 0 Å². The third-order valence-electron chi connectivity index (χ3n) is 2.74. The van der Waals surface area contributed by atoms with Crippen molar-refractivity contribution in [1.29, 1.82) is 0 Å². The van der Waals surface area contributed by atoms with Gasteiger partial charge in [-0.3, -0.25) is 0 Å². The average molecular weight is 231 g/mol. The van der Waals surface area contributed by atoms with E-state index in [0.29, 0.717) is 13.2 Å². The highest BCUT2D eigenvalue weighted by atomic mass is 16.6. The average Bonchev–Trinajstić information content (AvgIpc) is 2.91. The van der Waals surface area contributed by atoms with Crippen molar-refractivity contribution in [2.75, 3.05) is 13.2 Å². The number of benzene rings is 1. The maximum Gasteiger partial charge on any atom is 0.161 e. The fraction of sp³-hybridized carbons (Fsp3) is 0.250. The first-order valence-corrected chi connectivity index (χ1v) is 5.49. The molecule has 1 aliphatic rings. The molecule has 17 heavy (non-hydrogen) atoms. The van der Waals surface area contributed by atoms with Crippen LogP contribution in [0.25, 0.3) is 0 Å². The number of rotatable bonds is 2. The molecule has 1 unspecified atom stereocenters. The first-order chi connectivity index (χ1) is 8.34. The van der Waals surface area contributed by atoms with Gasteiger partial charge < -0.3 is 20.2 Å². The van der Waals surface area contributed by atoms with Crippen LogP contribution in [0.3, 0.4) is 0 Å². The van der Waals surface area contributed by atoms with Gasteiger partial charge in [-0.15, -0.1) is 0 Å². The maximum absolute atomic E-state index is 6.10. The molecule has 1 aromatic carbocycles. The van der Waals surface area contributed by atoms with Crippen LogP contribution in [0.4, 0.5) is 0 Å². The van der Waals surface area contributed by atoms with Gasteiger partial charge >= 0.3 is 0 Å². The Balaban J connectivity index is 1.93. The molecule has 5 nitrogen and oxygen atoms in total. The number of H-pyrrole nitrogens is 1. The second-order valence-electron chi connectivity index (χ2n) is 3.86. The van der Waals surface area contributed by atoms with E-state index in [-0.39, 0.29) is 6.04 Å². The Labute approximate surface area is 98.6 Å². The minimum atomic E-state index is -0.277. The molecule has 3 N–H and O–H groups in total. The van der Waals surface area contributed by atoms with Crippen LogP contribution in [0.1, 0.15) is 17.4 Å². The Morgan fingerprint density at radius 1 is 1.24 bits per heavy atom. The Morgan fingerprint density at radius 2 is 2.06 bits per heavy atom. The smallest absolute Gasteiger partial charge is 0.161 e. The number of nitrogens with zero attached hydrogens (tertiary/aromatic N) is 1. The molecule has 5 heteroatoms. The van der Waals surface area contributed by atoms with Gasteiger partial charge in [-0.05, 0) is 17.7 Å². The van der Waals surface area contributed by atoms with E-state index in [4.69, 9.17) is 15.2 Å². The van der Waals surface area contributed by atoms with Crippen molar-refractivity contribution in [3.63, 3.8) is 0 Å². The van der Waals surface area contributed by atoms with Crippen LogP contribution in [0, 0.1) is 0 Å². The third-order valence-corrected chi connectivity index (χ3v) is 2.74. The molecule has 0 fully saturated rings. The van der Waals surface area contributed by atoms with E-state index in [9.17, 15) is 0 Å². The summed E-state index contributed by atoms with van der Waals surface area (Å²) in [6.07, 6.45) is 3.44. The number of nitrogens with one attached hydrogen (secondary N) is 1. The predicted molar refractivity (Wildman–Crippen MR) is 62.1 cm³/mol. The lowest BCUT2D eigenvalue weighted by Gasteiger charge is -2.20. The minimum Gasteiger partial charge on any atom is -0.486 e. The van der Waals surface area contributed by atoms with Crippen LogP contribution in [-0.4, -0.2) is 23.2 Å². The van der Waals surface area contributed by atoms with E-state index in [1.165, 1.54) is 0 Å². The van der Waals surface area contributed by atoms with Crippen molar-refractivity contribution in [3.8, 4) is 11.5 Å². The number of aromatic nitrogens is 2. The lowest BCUT2D eigenvalue weighted by Crippen LogP contribution is -2.17. The van der Waals surface area contributed by atoms with Crippen molar-refractivity contribution in [2.45, 2.75) is 6.04 Å². The zero-order valence-electron chi connectivity index (χ0n) is 9.22. The number of ether oxygens (including phenoxy) is 2. The topological polar surface area (TPSA) is 73.2 Å². The molecule has 1 atom stereocenters. The number of aromatic amines is 1. The minimum absolute atomic E-state index is 0.277. The van der Waals surface area contributed by atoms with Gasteiger partial charge in [0.25, 0.3) is 0 Å². The molecule has 2 heterocycles. The molecule has 0 radical (unpaired) electrons. The number of imidazole rings is 1. The Bertz CT molecular complexity index is 510. The summed E-state index contributed by atoms with van der Waals surface area (Å²) in [7, 11) is 0. The molecule has 1 aromatic heterocycles. The van der Waals surface area contributed by atoms with E-state index in [0.717, 1.165) is 22.9 Å². The van der Waals surface area contributed by atoms with Crippen molar-refractivity contribution in [3.05, 3.63) is 42.0 Å². The predicted octanol–water partition coefficient (Wildman–Crippen LogP) is 1.23. The van der Waals surface area contributed by atoms with Gasteiger partial charge in [-0.2, -0.15) is 0 Å². The first kappa shape index (κ1) is 10.2. The van der Waals surface area contributed by atoms with Gasteiger partial charge in [0, 0.05) is 12.4 Å². The van der Waals surface area contributed by atoms with Gasteiger partial charge in [0.2, 0.25) is 0 Å². The number of fused-ring (bicyclic) bond motifs is 1. The lowest BCUT2D eigenvalue weighted by atomic mass is 10.1. The number of hydrogen-bond acceptors (Lipinski definition) is 4. The van der Waals surface area contributed by atoms with E-state index >= 15 is 0 Å². The van der Waals surface area contributed by atoms with Gasteiger partial charge in [-0.1, -0.05) is 6.07 Å². The van der Waals surface area contributed by atoms with Gasteiger partial charge in [0.15, 0.2) is 11.5 Å². The highest BCUT2D eigenvalue weighted by molar-refractivity contribution is 5.45. The normalized spacial score (nSPS) is 15.6.